The number of piperidine rings is 1. The molecule has 2 saturated heterocycles. The maximum Gasteiger partial charge on any atom is 0.227 e. The lowest BCUT2D eigenvalue weighted by Crippen LogP contribution is -2.45. The molecule has 4 heteroatoms. The van der Waals surface area contributed by atoms with Gasteiger partial charge in [0.2, 0.25) is 5.91 Å². The Kier molecular flexibility index (Phi) is 5.49. The van der Waals surface area contributed by atoms with Crippen LogP contribution in [0.5, 0.6) is 5.75 Å². The number of nitrogens with zero attached hydrogens (tertiary/aromatic N) is 2. The maximum atomic E-state index is 13.0. The number of hydrogen-bond donors (Lipinski definition) is 0. The first kappa shape index (κ1) is 17.8. The van der Waals surface area contributed by atoms with Gasteiger partial charge < -0.3 is 14.5 Å². The van der Waals surface area contributed by atoms with Crippen LogP contribution in [-0.2, 0) is 17.6 Å². The summed E-state index contributed by atoms with van der Waals surface area (Å²) in [4.78, 5) is 17.8. The van der Waals surface area contributed by atoms with Gasteiger partial charge in [0.25, 0.3) is 0 Å². The van der Waals surface area contributed by atoms with Gasteiger partial charge in [-0.2, -0.15) is 0 Å². The molecule has 0 spiro atoms. The molecule has 1 aromatic carbocycles. The zero-order valence-electron chi connectivity index (χ0n) is 16.1. The van der Waals surface area contributed by atoms with Crippen molar-refractivity contribution in [2.45, 2.75) is 70.4 Å². The van der Waals surface area contributed by atoms with E-state index in [0.717, 1.165) is 43.7 Å². The van der Waals surface area contributed by atoms with Gasteiger partial charge in [-0.15, -0.1) is 0 Å². The third kappa shape index (κ3) is 4.06. The Balaban J connectivity index is 1.36. The molecule has 26 heavy (non-hydrogen) atoms. The predicted octanol–water partition coefficient (Wildman–Crippen LogP) is 3.42. The molecule has 0 aliphatic carbocycles. The van der Waals surface area contributed by atoms with E-state index >= 15 is 0 Å². The van der Waals surface area contributed by atoms with Crippen LogP contribution in [0, 0.1) is 0 Å². The van der Waals surface area contributed by atoms with Crippen molar-refractivity contribution in [2.24, 2.45) is 0 Å². The number of ether oxygens (including phenoxy) is 1. The quantitative estimate of drug-likeness (QED) is 0.810. The summed E-state index contributed by atoms with van der Waals surface area (Å²) in [7, 11) is 0. The highest BCUT2D eigenvalue weighted by molar-refractivity contribution is 5.79. The van der Waals surface area contributed by atoms with Crippen LogP contribution in [0.1, 0.15) is 56.6 Å². The SMILES string of the molecule is C[C@H]1Cc2cc(CC(=O)N3CCCC[C@H]3CCN3CCCC3)ccc2O1. The Morgan fingerprint density at radius 3 is 2.81 bits per heavy atom. The summed E-state index contributed by atoms with van der Waals surface area (Å²) in [6, 6.07) is 6.73. The Morgan fingerprint density at radius 2 is 1.96 bits per heavy atom. The molecule has 0 radical (unpaired) electrons. The lowest BCUT2D eigenvalue weighted by molar-refractivity contribution is -0.134. The first-order valence-corrected chi connectivity index (χ1v) is 10.5. The van der Waals surface area contributed by atoms with E-state index in [1.807, 2.05) is 6.07 Å². The van der Waals surface area contributed by atoms with Crippen molar-refractivity contribution < 1.29 is 9.53 Å². The number of fused-ring (bicyclic) bond motifs is 1. The number of benzene rings is 1. The molecule has 0 saturated carbocycles. The van der Waals surface area contributed by atoms with Gasteiger partial charge in [-0.3, -0.25) is 4.79 Å². The lowest BCUT2D eigenvalue weighted by Gasteiger charge is -2.37. The van der Waals surface area contributed by atoms with Crippen LogP contribution in [0.2, 0.25) is 0 Å². The first-order valence-electron chi connectivity index (χ1n) is 10.5. The number of amides is 1. The summed E-state index contributed by atoms with van der Waals surface area (Å²) in [6.07, 6.45) is 9.16. The lowest BCUT2D eigenvalue weighted by atomic mass is 9.97. The van der Waals surface area contributed by atoms with Crippen LogP contribution in [0.15, 0.2) is 18.2 Å². The second-order valence-corrected chi connectivity index (χ2v) is 8.33. The zero-order valence-corrected chi connectivity index (χ0v) is 16.1. The van der Waals surface area contributed by atoms with Gasteiger partial charge >= 0.3 is 0 Å². The van der Waals surface area contributed by atoms with Gasteiger partial charge in [-0.1, -0.05) is 12.1 Å². The minimum atomic E-state index is 0.257. The van der Waals surface area contributed by atoms with Crippen LogP contribution in [-0.4, -0.2) is 54.0 Å². The molecule has 1 aromatic rings. The molecule has 0 aromatic heterocycles. The summed E-state index contributed by atoms with van der Waals surface area (Å²) in [5.41, 5.74) is 2.39. The first-order chi connectivity index (χ1) is 12.7. The molecule has 142 valence electrons. The fraction of sp³-hybridized carbons (Fsp3) is 0.682. The monoisotopic (exact) mass is 356 g/mol. The van der Waals surface area contributed by atoms with Crippen molar-refractivity contribution in [1.82, 2.24) is 9.80 Å². The summed E-state index contributed by atoms with van der Waals surface area (Å²) >= 11 is 0. The summed E-state index contributed by atoms with van der Waals surface area (Å²) in [5, 5.41) is 0. The van der Waals surface area contributed by atoms with Gasteiger partial charge in [0, 0.05) is 25.6 Å². The van der Waals surface area contributed by atoms with E-state index in [2.05, 4.69) is 28.9 Å². The molecule has 3 aliphatic rings. The molecule has 2 fully saturated rings. The number of hydrogen-bond acceptors (Lipinski definition) is 3. The molecule has 0 bridgehead atoms. The Morgan fingerprint density at radius 1 is 1.15 bits per heavy atom. The topological polar surface area (TPSA) is 32.8 Å². The maximum absolute atomic E-state index is 13.0. The standard InChI is InChI=1S/C22H32N2O2/c1-17-14-19-15-18(7-8-21(19)26-17)16-22(25)24-12-3-2-6-20(24)9-13-23-10-4-5-11-23/h7-8,15,17,20H,2-6,9-14,16H2,1H3/t17-,20-/m0/s1. The molecule has 2 atom stereocenters. The van der Waals surface area contributed by atoms with E-state index in [1.165, 1.54) is 44.3 Å². The molecule has 4 nitrogen and oxygen atoms in total. The van der Waals surface area contributed by atoms with Crippen molar-refractivity contribution in [3.8, 4) is 5.75 Å². The van der Waals surface area contributed by atoms with Crippen molar-refractivity contribution in [1.29, 1.82) is 0 Å². The highest BCUT2D eigenvalue weighted by atomic mass is 16.5. The largest absolute Gasteiger partial charge is 0.490 e. The number of rotatable bonds is 5. The second kappa shape index (κ2) is 7.99. The minimum Gasteiger partial charge on any atom is -0.490 e. The third-order valence-electron chi connectivity index (χ3n) is 6.24. The summed E-state index contributed by atoms with van der Waals surface area (Å²) in [5.74, 6) is 1.30. The molecule has 3 heterocycles. The Labute approximate surface area is 157 Å². The van der Waals surface area contributed by atoms with E-state index in [1.54, 1.807) is 0 Å². The summed E-state index contributed by atoms with van der Waals surface area (Å²) in [6.45, 7) is 6.69. The van der Waals surface area contributed by atoms with E-state index < -0.39 is 0 Å². The Bertz CT molecular complexity index is 639. The van der Waals surface area contributed by atoms with Crippen molar-refractivity contribution in [2.75, 3.05) is 26.2 Å². The molecule has 0 N–H and O–H groups in total. The van der Waals surface area contributed by atoms with Crippen LogP contribution in [0.3, 0.4) is 0 Å². The van der Waals surface area contributed by atoms with Crippen molar-refractivity contribution in [3.05, 3.63) is 29.3 Å². The molecule has 3 aliphatic heterocycles. The van der Waals surface area contributed by atoms with Gasteiger partial charge in [0.05, 0.1) is 6.42 Å². The highest BCUT2D eigenvalue weighted by Crippen LogP contribution is 2.30. The zero-order chi connectivity index (χ0) is 17.9. The van der Waals surface area contributed by atoms with E-state index in [0.29, 0.717) is 18.4 Å². The molecule has 1 amide bonds. The molecular weight excluding hydrogens is 324 g/mol. The van der Waals surface area contributed by atoms with Crippen LogP contribution in [0.25, 0.3) is 0 Å². The van der Waals surface area contributed by atoms with Crippen molar-refractivity contribution >= 4 is 5.91 Å². The van der Waals surface area contributed by atoms with Crippen molar-refractivity contribution in [3.63, 3.8) is 0 Å². The van der Waals surface area contributed by atoms with E-state index in [-0.39, 0.29) is 6.10 Å². The number of carbonyl (C=O) groups excluding carboxylic acids is 1. The van der Waals surface area contributed by atoms with Crippen LogP contribution >= 0.6 is 0 Å². The minimum absolute atomic E-state index is 0.257. The molecular formula is C22H32N2O2. The second-order valence-electron chi connectivity index (χ2n) is 8.33. The van der Waals surface area contributed by atoms with Gasteiger partial charge in [-0.05, 0) is 75.7 Å². The van der Waals surface area contributed by atoms with E-state index in [9.17, 15) is 4.79 Å². The molecule has 0 unspecified atom stereocenters. The van der Waals surface area contributed by atoms with E-state index in [4.69, 9.17) is 4.74 Å². The average Bonchev–Trinajstić information content (AvgIpc) is 3.28. The predicted molar refractivity (Wildman–Crippen MR) is 104 cm³/mol. The van der Waals surface area contributed by atoms with Crippen LogP contribution in [0.4, 0.5) is 0 Å². The van der Waals surface area contributed by atoms with Crippen LogP contribution < -0.4 is 4.74 Å². The Hall–Kier alpha value is -1.55. The third-order valence-corrected chi connectivity index (χ3v) is 6.24. The highest BCUT2D eigenvalue weighted by Gasteiger charge is 2.28. The number of likely N-dealkylation sites (tertiary alicyclic amines) is 2. The van der Waals surface area contributed by atoms with Gasteiger partial charge in [-0.25, -0.2) is 0 Å². The molecule has 4 rings (SSSR count). The van der Waals surface area contributed by atoms with Gasteiger partial charge in [0.15, 0.2) is 0 Å². The fourth-order valence-electron chi connectivity index (χ4n) is 4.83. The normalized spacial score (nSPS) is 26.0. The van der Waals surface area contributed by atoms with Gasteiger partial charge in [0.1, 0.15) is 11.9 Å². The fourth-order valence-corrected chi connectivity index (χ4v) is 4.83. The smallest absolute Gasteiger partial charge is 0.227 e. The number of carbonyl (C=O) groups is 1. The summed E-state index contributed by atoms with van der Waals surface area (Å²) < 4.78 is 5.78. The average molecular weight is 357 g/mol.